The molecule has 0 unspecified atom stereocenters. The van der Waals surface area contributed by atoms with Crippen LogP contribution in [-0.4, -0.2) is 23.8 Å². The van der Waals surface area contributed by atoms with Crippen molar-refractivity contribution in [1.29, 1.82) is 0 Å². The SMILES string of the molecule is CCOC(=O)c1noc2c1[C@H]1CC[C@@H](CC2)N1. The van der Waals surface area contributed by atoms with Crippen molar-refractivity contribution in [2.45, 2.75) is 44.7 Å². The lowest BCUT2D eigenvalue weighted by Crippen LogP contribution is -2.23. The first-order valence-electron chi connectivity index (χ1n) is 6.21. The first kappa shape index (κ1) is 10.8. The molecule has 2 aliphatic rings. The molecule has 0 saturated carbocycles. The third-order valence-corrected chi connectivity index (χ3v) is 3.58. The normalized spacial score (nSPS) is 26.4. The van der Waals surface area contributed by atoms with Crippen LogP contribution in [0.4, 0.5) is 0 Å². The van der Waals surface area contributed by atoms with Crippen molar-refractivity contribution in [2.75, 3.05) is 6.61 Å². The molecule has 17 heavy (non-hydrogen) atoms. The molecule has 1 saturated heterocycles. The molecule has 0 aromatic carbocycles. The summed E-state index contributed by atoms with van der Waals surface area (Å²) in [5, 5.41) is 7.41. The van der Waals surface area contributed by atoms with E-state index in [0.29, 0.717) is 18.3 Å². The minimum absolute atomic E-state index is 0.211. The lowest BCUT2D eigenvalue weighted by molar-refractivity contribution is 0.0512. The molecule has 3 rings (SSSR count). The van der Waals surface area contributed by atoms with Gasteiger partial charge in [-0.1, -0.05) is 5.16 Å². The van der Waals surface area contributed by atoms with Gasteiger partial charge in [-0.05, 0) is 26.2 Å². The summed E-state index contributed by atoms with van der Waals surface area (Å²) >= 11 is 0. The number of ether oxygens (including phenoxy) is 1. The molecule has 3 heterocycles. The van der Waals surface area contributed by atoms with Gasteiger partial charge in [0, 0.05) is 24.1 Å². The van der Waals surface area contributed by atoms with Gasteiger partial charge in [-0.25, -0.2) is 4.79 Å². The van der Waals surface area contributed by atoms with E-state index in [1.807, 2.05) is 0 Å². The average molecular weight is 236 g/mol. The fourth-order valence-corrected chi connectivity index (χ4v) is 2.80. The van der Waals surface area contributed by atoms with Crippen molar-refractivity contribution < 1.29 is 14.1 Å². The van der Waals surface area contributed by atoms with Crippen LogP contribution in [0, 0.1) is 0 Å². The number of hydrogen-bond donors (Lipinski definition) is 1. The second kappa shape index (κ2) is 4.14. The lowest BCUT2D eigenvalue weighted by Gasteiger charge is -2.09. The molecule has 2 aliphatic heterocycles. The molecule has 0 aliphatic carbocycles. The van der Waals surface area contributed by atoms with Gasteiger partial charge in [0.1, 0.15) is 5.76 Å². The van der Waals surface area contributed by atoms with Gasteiger partial charge < -0.3 is 14.6 Å². The summed E-state index contributed by atoms with van der Waals surface area (Å²) in [7, 11) is 0. The van der Waals surface area contributed by atoms with Crippen LogP contribution in [0.1, 0.15) is 54.0 Å². The van der Waals surface area contributed by atoms with E-state index in [0.717, 1.165) is 37.0 Å². The highest BCUT2D eigenvalue weighted by Gasteiger charge is 2.36. The second-order valence-electron chi connectivity index (χ2n) is 4.62. The van der Waals surface area contributed by atoms with E-state index in [2.05, 4.69) is 10.5 Å². The third kappa shape index (κ3) is 1.74. The maximum absolute atomic E-state index is 11.8. The fraction of sp³-hybridized carbons (Fsp3) is 0.667. The van der Waals surface area contributed by atoms with Gasteiger partial charge in [0.25, 0.3) is 0 Å². The fourth-order valence-electron chi connectivity index (χ4n) is 2.80. The average Bonchev–Trinajstić information content (AvgIpc) is 2.86. The zero-order chi connectivity index (χ0) is 11.8. The number of nitrogens with one attached hydrogen (secondary N) is 1. The third-order valence-electron chi connectivity index (χ3n) is 3.58. The number of aromatic nitrogens is 1. The zero-order valence-corrected chi connectivity index (χ0v) is 9.86. The Hall–Kier alpha value is -1.36. The smallest absolute Gasteiger partial charge is 0.360 e. The van der Waals surface area contributed by atoms with Crippen molar-refractivity contribution in [3.8, 4) is 0 Å². The van der Waals surface area contributed by atoms with Crippen molar-refractivity contribution in [3.05, 3.63) is 17.0 Å². The van der Waals surface area contributed by atoms with E-state index >= 15 is 0 Å². The predicted octanol–water partition coefficient (Wildman–Crippen LogP) is 1.59. The number of carbonyl (C=O) groups is 1. The van der Waals surface area contributed by atoms with Crippen LogP contribution < -0.4 is 5.32 Å². The molecule has 0 amide bonds. The van der Waals surface area contributed by atoms with Crippen LogP contribution in [0.2, 0.25) is 0 Å². The van der Waals surface area contributed by atoms with Crippen molar-refractivity contribution in [1.82, 2.24) is 10.5 Å². The van der Waals surface area contributed by atoms with Gasteiger partial charge in [-0.3, -0.25) is 0 Å². The van der Waals surface area contributed by atoms with Gasteiger partial charge in [0.2, 0.25) is 0 Å². The Bertz CT molecular complexity index is 441. The Labute approximate surface area is 99.5 Å². The topological polar surface area (TPSA) is 64.4 Å². The second-order valence-corrected chi connectivity index (χ2v) is 4.62. The monoisotopic (exact) mass is 236 g/mol. The van der Waals surface area contributed by atoms with Gasteiger partial charge >= 0.3 is 5.97 Å². The summed E-state index contributed by atoms with van der Waals surface area (Å²) in [4.78, 5) is 11.8. The van der Waals surface area contributed by atoms with E-state index < -0.39 is 0 Å². The first-order chi connectivity index (χ1) is 8.29. The van der Waals surface area contributed by atoms with Crippen molar-refractivity contribution >= 4 is 5.97 Å². The quantitative estimate of drug-likeness (QED) is 0.790. The van der Waals surface area contributed by atoms with Gasteiger partial charge in [0.05, 0.1) is 6.61 Å². The van der Waals surface area contributed by atoms with Crippen LogP contribution in [0.15, 0.2) is 4.52 Å². The molecule has 2 atom stereocenters. The Morgan fingerprint density at radius 1 is 1.53 bits per heavy atom. The highest BCUT2D eigenvalue weighted by molar-refractivity contribution is 5.89. The maximum atomic E-state index is 11.8. The van der Waals surface area contributed by atoms with Crippen LogP contribution in [0.3, 0.4) is 0 Å². The van der Waals surface area contributed by atoms with Crippen molar-refractivity contribution in [2.24, 2.45) is 0 Å². The lowest BCUT2D eigenvalue weighted by atomic mass is 9.97. The number of esters is 1. The molecule has 1 aromatic heterocycles. The van der Waals surface area contributed by atoms with Crippen LogP contribution in [0.5, 0.6) is 0 Å². The summed E-state index contributed by atoms with van der Waals surface area (Å²) < 4.78 is 10.3. The number of aryl methyl sites for hydroxylation is 1. The summed E-state index contributed by atoms with van der Waals surface area (Å²) in [6.07, 6.45) is 4.12. The molecule has 5 heteroatoms. The number of hydrogen-bond acceptors (Lipinski definition) is 5. The molecule has 5 nitrogen and oxygen atoms in total. The van der Waals surface area contributed by atoms with E-state index in [4.69, 9.17) is 9.26 Å². The van der Waals surface area contributed by atoms with Crippen molar-refractivity contribution in [3.63, 3.8) is 0 Å². The molecule has 1 N–H and O–H groups in total. The largest absolute Gasteiger partial charge is 0.461 e. The van der Waals surface area contributed by atoms with Crippen LogP contribution in [0.25, 0.3) is 0 Å². The molecule has 2 bridgehead atoms. The van der Waals surface area contributed by atoms with Gasteiger partial charge in [0.15, 0.2) is 5.69 Å². The molecular formula is C12H16N2O3. The highest BCUT2D eigenvalue weighted by Crippen LogP contribution is 2.36. The Balaban J connectivity index is 1.97. The van der Waals surface area contributed by atoms with E-state index in [1.165, 1.54) is 0 Å². The highest BCUT2D eigenvalue weighted by atomic mass is 16.5. The summed E-state index contributed by atoms with van der Waals surface area (Å²) in [6, 6.07) is 0.765. The molecular weight excluding hydrogens is 220 g/mol. The first-order valence-corrected chi connectivity index (χ1v) is 6.21. The predicted molar refractivity (Wildman–Crippen MR) is 59.7 cm³/mol. The van der Waals surface area contributed by atoms with Gasteiger partial charge in [-0.2, -0.15) is 0 Å². The summed E-state index contributed by atoms with van der Waals surface area (Å²) in [5.41, 5.74) is 1.30. The number of fused-ring (bicyclic) bond motifs is 4. The Morgan fingerprint density at radius 3 is 3.24 bits per heavy atom. The molecule has 92 valence electrons. The molecule has 1 fully saturated rings. The van der Waals surface area contributed by atoms with E-state index in [1.54, 1.807) is 6.92 Å². The van der Waals surface area contributed by atoms with E-state index in [9.17, 15) is 4.79 Å². The number of nitrogens with zero attached hydrogens (tertiary/aromatic N) is 1. The summed E-state index contributed by atoms with van der Waals surface area (Å²) in [6.45, 7) is 2.15. The minimum Gasteiger partial charge on any atom is -0.461 e. The van der Waals surface area contributed by atoms with Crippen LogP contribution in [-0.2, 0) is 11.2 Å². The Morgan fingerprint density at radius 2 is 2.41 bits per heavy atom. The zero-order valence-electron chi connectivity index (χ0n) is 9.86. The Kier molecular flexibility index (Phi) is 2.63. The van der Waals surface area contributed by atoms with Crippen LogP contribution >= 0.6 is 0 Å². The standard InChI is InChI=1S/C12H16N2O3/c1-2-16-12(15)11-10-8-5-3-7(13-8)4-6-9(10)17-14-11/h7-8,13H,2-6H2,1H3/t7-,8+/m0/s1. The van der Waals surface area contributed by atoms with E-state index in [-0.39, 0.29) is 12.0 Å². The molecule has 0 radical (unpaired) electrons. The maximum Gasteiger partial charge on any atom is 0.360 e. The molecule has 0 spiro atoms. The summed E-state index contributed by atoms with van der Waals surface area (Å²) in [5.74, 6) is 0.484. The number of carbonyl (C=O) groups excluding carboxylic acids is 1. The molecule has 1 aromatic rings. The van der Waals surface area contributed by atoms with Gasteiger partial charge in [-0.15, -0.1) is 0 Å². The number of rotatable bonds is 2. The minimum atomic E-state index is -0.371.